The van der Waals surface area contributed by atoms with Crippen molar-refractivity contribution in [2.75, 3.05) is 20.3 Å². The smallest absolute Gasteiger partial charge is 0.319 e. The molecular weight excluding hydrogens is 374 g/mol. The first-order chi connectivity index (χ1) is 13.5. The highest BCUT2D eigenvalue weighted by Gasteiger charge is 2.16. The van der Waals surface area contributed by atoms with Gasteiger partial charge in [0.1, 0.15) is 17.6 Å². The quantitative estimate of drug-likeness (QED) is 0.373. The standard InChI is InChI=1S/C22H27NO4S/c1-16-4-6-18(7-5-16)8-13-21(24)23-14-15-27-22(25)17(2)28-20-11-9-19(26-3)10-12-20/h4-7,9-12,17H,8,13-15H2,1-3H3,(H,23,24). The maximum Gasteiger partial charge on any atom is 0.319 e. The van der Waals surface area contributed by atoms with E-state index in [1.165, 1.54) is 17.3 Å². The second-order valence-corrected chi connectivity index (χ2v) is 7.85. The molecule has 1 atom stereocenters. The zero-order valence-electron chi connectivity index (χ0n) is 16.6. The Morgan fingerprint density at radius 3 is 2.39 bits per heavy atom. The van der Waals surface area contributed by atoms with Crippen LogP contribution in [-0.2, 0) is 20.7 Å². The number of amides is 1. The van der Waals surface area contributed by atoms with E-state index in [0.29, 0.717) is 19.4 Å². The molecule has 5 nitrogen and oxygen atoms in total. The van der Waals surface area contributed by atoms with Crippen LogP contribution in [-0.4, -0.2) is 37.4 Å². The predicted octanol–water partition coefficient (Wildman–Crippen LogP) is 3.78. The van der Waals surface area contributed by atoms with Gasteiger partial charge in [-0.15, -0.1) is 11.8 Å². The van der Waals surface area contributed by atoms with Gasteiger partial charge in [0.05, 0.1) is 13.7 Å². The summed E-state index contributed by atoms with van der Waals surface area (Å²) in [5.74, 6) is 0.435. The molecule has 28 heavy (non-hydrogen) atoms. The Morgan fingerprint density at radius 1 is 1.07 bits per heavy atom. The minimum absolute atomic E-state index is 0.0442. The van der Waals surface area contributed by atoms with Gasteiger partial charge in [0.2, 0.25) is 5.91 Å². The summed E-state index contributed by atoms with van der Waals surface area (Å²) in [5.41, 5.74) is 2.34. The zero-order chi connectivity index (χ0) is 20.4. The average Bonchev–Trinajstić information content (AvgIpc) is 2.71. The summed E-state index contributed by atoms with van der Waals surface area (Å²) in [6.07, 6.45) is 1.11. The molecule has 0 aliphatic heterocycles. The Balaban J connectivity index is 1.61. The van der Waals surface area contributed by atoms with Crippen LogP contribution in [0.15, 0.2) is 53.4 Å². The number of methoxy groups -OCH3 is 1. The van der Waals surface area contributed by atoms with Gasteiger partial charge >= 0.3 is 5.97 Å². The van der Waals surface area contributed by atoms with Gasteiger partial charge in [-0.05, 0) is 50.1 Å². The summed E-state index contributed by atoms with van der Waals surface area (Å²) in [5, 5.41) is 2.46. The molecule has 0 fully saturated rings. The summed E-state index contributed by atoms with van der Waals surface area (Å²) in [6.45, 7) is 4.33. The summed E-state index contributed by atoms with van der Waals surface area (Å²) >= 11 is 1.42. The second-order valence-electron chi connectivity index (χ2n) is 6.44. The van der Waals surface area contributed by atoms with Crippen molar-refractivity contribution in [2.45, 2.75) is 36.8 Å². The number of nitrogens with one attached hydrogen (secondary N) is 1. The van der Waals surface area contributed by atoms with Crippen LogP contribution in [0.3, 0.4) is 0 Å². The SMILES string of the molecule is COc1ccc(SC(C)C(=O)OCCNC(=O)CCc2ccc(C)cc2)cc1. The van der Waals surface area contributed by atoms with E-state index in [1.54, 1.807) is 14.0 Å². The molecule has 1 N–H and O–H groups in total. The molecular formula is C22H27NO4S. The Hall–Kier alpha value is -2.47. The molecule has 0 saturated heterocycles. The van der Waals surface area contributed by atoms with E-state index in [0.717, 1.165) is 16.2 Å². The number of hydrogen-bond donors (Lipinski definition) is 1. The van der Waals surface area contributed by atoms with Crippen LogP contribution in [0.25, 0.3) is 0 Å². The van der Waals surface area contributed by atoms with Crippen LogP contribution in [0.4, 0.5) is 0 Å². The van der Waals surface area contributed by atoms with Crippen molar-refractivity contribution in [1.82, 2.24) is 5.32 Å². The van der Waals surface area contributed by atoms with Gasteiger partial charge in [-0.3, -0.25) is 9.59 Å². The maximum atomic E-state index is 12.1. The van der Waals surface area contributed by atoms with Gasteiger partial charge in [0.25, 0.3) is 0 Å². The third-order valence-corrected chi connectivity index (χ3v) is 5.22. The van der Waals surface area contributed by atoms with Crippen molar-refractivity contribution < 1.29 is 19.1 Å². The molecule has 0 heterocycles. The van der Waals surface area contributed by atoms with Gasteiger partial charge in [-0.1, -0.05) is 29.8 Å². The van der Waals surface area contributed by atoms with Gasteiger partial charge in [-0.25, -0.2) is 0 Å². The minimum Gasteiger partial charge on any atom is -0.497 e. The molecule has 0 bridgehead atoms. The average molecular weight is 402 g/mol. The van der Waals surface area contributed by atoms with Crippen LogP contribution in [0.1, 0.15) is 24.5 Å². The third kappa shape index (κ3) is 7.64. The number of aryl methyl sites for hydroxylation is 2. The molecule has 0 spiro atoms. The predicted molar refractivity (Wildman–Crippen MR) is 112 cm³/mol. The number of hydrogen-bond acceptors (Lipinski definition) is 5. The van der Waals surface area contributed by atoms with E-state index >= 15 is 0 Å². The first-order valence-electron chi connectivity index (χ1n) is 9.27. The van der Waals surface area contributed by atoms with Crippen molar-refractivity contribution >= 4 is 23.6 Å². The molecule has 2 aromatic carbocycles. The number of ether oxygens (including phenoxy) is 2. The van der Waals surface area contributed by atoms with Crippen LogP contribution in [0.5, 0.6) is 5.75 Å². The molecule has 6 heteroatoms. The first-order valence-corrected chi connectivity index (χ1v) is 10.2. The van der Waals surface area contributed by atoms with Crippen molar-refractivity contribution in [1.29, 1.82) is 0 Å². The lowest BCUT2D eigenvalue weighted by Crippen LogP contribution is -2.29. The van der Waals surface area contributed by atoms with Crippen LogP contribution >= 0.6 is 11.8 Å². The van der Waals surface area contributed by atoms with Gasteiger partial charge < -0.3 is 14.8 Å². The molecule has 0 aromatic heterocycles. The Bertz CT molecular complexity index is 759. The van der Waals surface area contributed by atoms with E-state index in [-0.39, 0.29) is 23.7 Å². The Kier molecular flexibility index (Phi) is 8.88. The van der Waals surface area contributed by atoms with Crippen LogP contribution in [0.2, 0.25) is 0 Å². The van der Waals surface area contributed by atoms with E-state index in [4.69, 9.17) is 9.47 Å². The normalized spacial score (nSPS) is 11.5. The molecule has 2 aromatic rings. The van der Waals surface area contributed by atoms with Crippen molar-refractivity contribution in [2.24, 2.45) is 0 Å². The largest absolute Gasteiger partial charge is 0.497 e. The van der Waals surface area contributed by atoms with E-state index < -0.39 is 0 Å². The lowest BCUT2D eigenvalue weighted by atomic mass is 10.1. The lowest BCUT2D eigenvalue weighted by molar-refractivity contribution is -0.142. The van der Waals surface area contributed by atoms with E-state index in [2.05, 4.69) is 5.32 Å². The van der Waals surface area contributed by atoms with Gasteiger partial charge in [-0.2, -0.15) is 0 Å². The van der Waals surface area contributed by atoms with Gasteiger partial charge in [0.15, 0.2) is 0 Å². The maximum absolute atomic E-state index is 12.1. The first kappa shape index (κ1) is 21.8. The number of rotatable bonds is 10. The summed E-state index contributed by atoms with van der Waals surface area (Å²) < 4.78 is 10.4. The number of carbonyl (C=O) groups is 2. The summed E-state index contributed by atoms with van der Waals surface area (Å²) in [4.78, 5) is 24.9. The molecule has 0 aliphatic rings. The van der Waals surface area contributed by atoms with Crippen LogP contribution < -0.4 is 10.1 Å². The lowest BCUT2D eigenvalue weighted by Gasteiger charge is -2.12. The monoisotopic (exact) mass is 401 g/mol. The topological polar surface area (TPSA) is 64.6 Å². The van der Waals surface area contributed by atoms with E-state index in [1.807, 2.05) is 55.5 Å². The fraction of sp³-hybridized carbons (Fsp3) is 0.364. The molecule has 1 amide bonds. The third-order valence-electron chi connectivity index (χ3n) is 4.13. The molecule has 150 valence electrons. The molecule has 1 unspecified atom stereocenters. The second kappa shape index (κ2) is 11.4. The number of carbonyl (C=O) groups excluding carboxylic acids is 2. The van der Waals surface area contributed by atoms with Crippen LogP contribution in [0, 0.1) is 6.92 Å². The van der Waals surface area contributed by atoms with Crippen molar-refractivity contribution in [3.05, 3.63) is 59.7 Å². The Morgan fingerprint density at radius 2 is 1.75 bits per heavy atom. The van der Waals surface area contributed by atoms with Gasteiger partial charge in [0, 0.05) is 11.3 Å². The zero-order valence-corrected chi connectivity index (χ0v) is 17.4. The Labute approximate surface area is 170 Å². The fourth-order valence-corrected chi connectivity index (χ4v) is 3.33. The highest BCUT2D eigenvalue weighted by Crippen LogP contribution is 2.25. The number of esters is 1. The highest BCUT2D eigenvalue weighted by atomic mass is 32.2. The number of benzene rings is 2. The molecule has 0 saturated carbocycles. The van der Waals surface area contributed by atoms with Crippen molar-refractivity contribution in [3.63, 3.8) is 0 Å². The summed E-state index contributed by atoms with van der Waals surface area (Å²) in [6, 6.07) is 15.7. The fourth-order valence-electron chi connectivity index (χ4n) is 2.47. The van der Waals surface area contributed by atoms with Crippen molar-refractivity contribution in [3.8, 4) is 5.75 Å². The summed E-state index contributed by atoms with van der Waals surface area (Å²) in [7, 11) is 1.61. The molecule has 0 radical (unpaired) electrons. The minimum atomic E-state index is -0.328. The highest BCUT2D eigenvalue weighted by molar-refractivity contribution is 8.00. The van der Waals surface area contributed by atoms with E-state index in [9.17, 15) is 9.59 Å². The molecule has 2 rings (SSSR count). The number of thioether (sulfide) groups is 1. The molecule has 0 aliphatic carbocycles.